The van der Waals surface area contributed by atoms with Crippen LogP contribution in [-0.2, 0) is 11.3 Å². The lowest BCUT2D eigenvalue weighted by atomic mass is 10.2. The second-order valence-corrected chi connectivity index (χ2v) is 7.48. The molecule has 0 aliphatic rings. The molecule has 0 atom stereocenters. The number of aromatic nitrogens is 3. The van der Waals surface area contributed by atoms with Crippen molar-refractivity contribution in [1.29, 1.82) is 0 Å². The third kappa shape index (κ3) is 4.83. The second kappa shape index (κ2) is 8.49. The molecule has 0 amide bonds. The van der Waals surface area contributed by atoms with Crippen LogP contribution in [0.3, 0.4) is 0 Å². The van der Waals surface area contributed by atoms with Gasteiger partial charge in [-0.3, -0.25) is 4.57 Å². The van der Waals surface area contributed by atoms with E-state index in [0.29, 0.717) is 29.2 Å². The first-order valence-electron chi connectivity index (χ1n) is 7.98. The van der Waals surface area contributed by atoms with Crippen LogP contribution >= 0.6 is 27.7 Å². The number of Topliss-reactive ketones (excluding diaryl/α,β-unsaturated/α-hetero) is 1. The van der Waals surface area contributed by atoms with Gasteiger partial charge in [-0.25, -0.2) is 0 Å². The molecule has 0 saturated carbocycles. The molecule has 0 spiro atoms. The van der Waals surface area contributed by atoms with E-state index in [4.69, 9.17) is 4.42 Å². The molecule has 3 rings (SSSR count). The van der Waals surface area contributed by atoms with Gasteiger partial charge in [0.1, 0.15) is 5.78 Å². The van der Waals surface area contributed by atoms with E-state index in [0.717, 1.165) is 17.3 Å². The number of halogens is 1. The van der Waals surface area contributed by atoms with E-state index in [1.165, 1.54) is 5.56 Å². The van der Waals surface area contributed by atoms with Crippen molar-refractivity contribution in [2.45, 2.75) is 31.5 Å². The minimum atomic E-state index is 0.215. The summed E-state index contributed by atoms with van der Waals surface area (Å²) in [5.74, 6) is 2.41. The average molecular weight is 420 g/mol. The van der Waals surface area contributed by atoms with Gasteiger partial charge in [-0.15, -0.1) is 10.2 Å². The summed E-state index contributed by atoms with van der Waals surface area (Å²) in [4.78, 5) is 11.1. The number of thioether (sulfide) groups is 1. The number of carbonyl (C=O) groups excluding carboxylic acids is 1. The highest BCUT2D eigenvalue weighted by Crippen LogP contribution is 2.28. The maximum atomic E-state index is 11.1. The van der Waals surface area contributed by atoms with E-state index >= 15 is 0 Å². The first-order chi connectivity index (χ1) is 12.1. The largest absolute Gasteiger partial charge is 0.446 e. The van der Waals surface area contributed by atoms with Crippen LogP contribution in [0.5, 0.6) is 0 Å². The molecule has 3 aromatic rings. The molecular weight excluding hydrogens is 402 g/mol. The molecule has 0 radical (unpaired) electrons. The molecular formula is C18H18BrN3O2S. The number of benzene rings is 1. The Morgan fingerprint density at radius 2 is 2.00 bits per heavy atom. The lowest BCUT2D eigenvalue weighted by molar-refractivity contribution is -0.117. The van der Waals surface area contributed by atoms with Crippen molar-refractivity contribution in [2.75, 3.05) is 5.75 Å². The van der Waals surface area contributed by atoms with Crippen molar-refractivity contribution in [3.05, 3.63) is 52.7 Å². The minimum Gasteiger partial charge on any atom is -0.446 e. The fourth-order valence-corrected chi connectivity index (χ4v) is 3.59. The first kappa shape index (κ1) is 17.9. The summed E-state index contributed by atoms with van der Waals surface area (Å²) in [6.07, 6.45) is 1.43. The smallest absolute Gasteiger partial charge is 0.200 e. The number of hydrogen-bond donors (Lipinski definition) is 0. The van der Waals surface area contributed by atoms with Crippen LogP contribution in [0, 0.1) is 0 Å². The zero-order valence-electron chi connectivity index (χ0n) is 13.8. The van der Waals surface area contributed by atoms with Crippen LogP contribution in [0.25, 0.3) is 11.6 Å². The van der Waals surface area contributed by atoms with Gasteiger partial charge in [-0.05, 0) is 47.0 Å². The third-order valence-corrected chi connectivity index (χ3v) is 5.08. The van der Waals surface area contributed by atoms with Crippen molar-refractivity contribution < 1.29 is 9.21 Å². The van der Waals surface area contributed by atoms with Gasteiger partial charge in [0.2, 0.25) is 5.82 Å². The van der Waals surface area contributed by atoms with E-state index in [2.05, 4.69) is 42.8 Å². The number of nitrogens with zero attached hydrogens (tertiary/aromatic N) is 3. The van der Waals surface area contributed by atoms with Gasteiger partial charge in [0.25, 0.3) is 0 Å². The van der Waals surface area contributed by atoms with E-state index in [1.807, 2.05) is 30.3 Å². The van der Waals surface area contributed by atoms with Gasteiger partial charge in [0.15, 0.2) is 15.6 Å². The number of furan rings is 1. The van der Waals surface area contributed by atoms with Crippen LogP contribution in [-0.4, -0.2) is 26.3 Å². The Morgan fingerprint density at radius 3 is 2.68 bits per heavy atom. The van der Waals surface area contributed by atoms with E-state index in [9.17, 15) is 4.79 Å². The van der Waals surface area contributed by atoms with Crippen molar-refractivity contribution in [3.63, 3.8) is 0 Å². The molecule has 0 saturated heterocycles. The fraction of sp³-hybridized carbons (Fsp3) is 0.278. The van der Waals surface area contributed by atoms with E-state index < -0.39 is 0 Å². The molecule has 2 heterocycles. The van der Waals surface area contributed by atoms with E-state index in [1.54, 1.807) is 18.7 Å². The maximum absolute atomic E-state index is 11.1. The number of ketones is 1. The summed E-state index contributed by atoms with van der Waals surface area (Å²) in [6, 6.07) is 13.9. The summed E-state index contributed by atoms with van der Waals surface area (Å²) in [7, 11) is 0. The molecule has 2 aromatic heterocycles. The molecule has 0 aliphatic heterocycles. The van der Waals surface area contributed by atoms with Gasteiger partial charge >= 0.3 is 0 Å². The monoisotopic (exact) mass is 419 g/mol. The lowest BCUT2D eigenvalue weighted by Gasteiger charge is -2.09. The predicted molar refractivity (Wildman–Crippen MR) is 102 cm³/mol. The van der Waals surface area contributed by atoms with Crippen molar-refractivity contribution in [1.82, 2.24) is 14.8 Å². The standard InChI is InChI=1S/C18H18BrN3O2S/c1-13(23)6-5-11-25-18-21-20-17(15-9-10-16(19)24-15)22(18)12-14-7-3-2-4-8-14/h2-4,7-10H,5-6,11-12H2,1H3. The molecule has 5 nitrogen and oxygen atoms in total. The zero-order chi connectivity index (χ0) is 17.6. The predicted octanol–water partition coefficient (Wildman–Crippen LogP) is 4.81. The molecule has 0 aliphatic carbocycles. The highest BCUT2D eigenvalue weighted by Gasteiger charge is 2.17. The number of rotatable bonds is 8. The first-order valence-corrected chi connectivity index (χ1v) is 9.76. The Balaban J connectivity index is 1.84. The molecule has 25 heavy (non-hydrogen) atoms. The molecule has 130 valence electrons. The molecule has 0 N–H and O–H groups in total. The maximum Gasteiger partial charge on any atom is 0.200 e. The molecule has 0 unspecified atom stereocenters. The highest BCUT2D eigenvalue weighted by molar-refractivity contribution is 9.10. The van der Waals surface area contributed by atoms with Gasteiger partial charge in [0.05, 0.1) is 6.54 Å². The van der Waals surface area contributed by atoms with Gasteiger partial charge in [-0.2, -0.15) is 0 Å². The Bertz CT molecular complexity index is 845. The summed E-state index contributed by atoms with van der Waals surface area (Å²) < 4.78 is 8.37. The van der Waals surface area contributed by atoms with Gasteiger partial charge in [-0.1, -0.05) is 42.1 Å². The Morgan fingerprint density at radius 1 is 1.20 bits per heavy atom. The highest BCUT2D eigenvalue weighted by atomic mass is 79.9. The van der Waals surface area contributed by atoms with Crippen molar-refractivity contribution >= 4 is 33.5 Å². The molecule has 0 bridgehead atoms. The summed E-state index contributed by atoms with van der Waals surface area (Å²) in [5.41, 5.74) is 1.17. The van der Waals surface area contributed by atoms with Crippen LogP contribution in [0.4, 0.5) is 0 Å². The summed E-state index contributed by atoms with van der Waals surface area (Å²) in [5, 5.41) is 9.48. The van der Waals surface area contributed by atoms with Crippen LogP contribution in [0.2, 0.25) is 0 Å². The number of carbonyl (C=O) groups is 1. The van der Waals surface area contributed by atoms with Crippen LogP contribution in [0.15, 0.2) is 56.7 Å². The second-order valence-electron chi connectivity index (χ2n) is 5.64. The topological polar surface area (TPSA) is 60.9 Å². The Hall–Kier alpha value is -1.86. The number of hydrogen-bond acceptors (Lipinski definition) is 5. The minimum absolute atomic E-state index is 0.215. The van der Waals surface area contributed by atoms with Crippen LogP contribution < -0.4 is 0 Å². The summed E-state index contributed by atoms with van der Waals surface area (Å²) >= 11 is 4.95. The zero-order valence-corrected chi connectivity index (χ0v) is 16.2. The quantitative estimate of drug-likeness (QED) is 0.387. The van der Waals surface area contributed by atoms with Crippen LogP contribution in [0.1, 0.15) is 25.3 Å². The SMILES string of the molecule is CC(=O)CCCSc1nnc(-c2ccc(Br)o2)n1Cc1ccccc1. The van der Waals surface area contributed by atoms with E-state index in [-0.39, 0.29) is 5.78 Å². The molecule has 7 heteroatoms. The Labute approximate surface area is 159 Å². The third-order valence-electron chi connectivity index (χ3n) is 3.60. The molecule has 0 fully saturated rings. The Kier molecular flexibility index (Phi) is 6.09. The normalized spacial score (nSPS) is 11.0. The average Bonchev–Trinajstić information content (AvgIpc) is 3.19. The van der Waals surface area contributed by atoms with Gasteiger partial charge in [0, 0.05) is 12.2 Å². The lowest BCUT2D eigenvalue weighted by Crippen LogP contribution is -2.04. The summed E-state index contributed by atoms with van der Waals surface area (Å²) in [6.45, 7) is 2.28. The molecule has 1 aromatic carbocycles. The van der Waals surface area contributed by atoms with Crippen molar-refractivity contribution in [3.8, 4) is 11.6 Å². The van der Waals surface area contributed by atoms with Crippen molar-refractivity contribution in [2.24, 2.45) is 0 Å². The fourth-order valence-electron chi connectivity index (χ4n) is 2.41. The van der Waals surface area contributed by atoms with Gasteiger partial charge < -0.3 is 9.21 Å².